The first-order valence-corrected chi connectivity index (χ1v) is 11.2. The van der Waals surface area contributed by atoms with Crippen molar-refractivity contribution in [1.82, 2.24) is 14.5 Å². The standard InChI is InChI=1S/C19H27N3O4S/c1-20-18(23)15-5-3-14(4-6-15)13-22(17-7-8-17)19(24)16-9-11-21(12-10-16)27(2,25)26/h3-6,16-17H,7-13H2,1-2H3,(H,20,23). The van der Waals surface area contributed by atoms with Crippen LogP contribution in [0.5, 0.6) is 0 Å². The van der Waals surface area contributed by atoms with Crippen LogP contribution in [0.25, 0.3) is 0 Å². The molecule has 1 heterocycles. The van der Waals surface area contributed by atoms with E-state index in [1.165, 1.54) is 10.6 Å². The van der Waals surface area contributed by atoms with Crippen LogP contribution < -0.4 is 5.32 Å². The second kappa shape index (κ2) is 7.98. The molecule has 1 aromatic carbocycles. The van der Waals surface area contributed by atoms with Gasteiger partial charge in [0.2, 0.25) is 15.9 Å². The molecule has 2 amide bonds. The van der Waals surface area contributed by atoms with Crippen molar-refractivity contribution in [3.05, 3.63) is 35.4 Å². The molecule has 1 saturated heterocycles. The van der Waals surface area contributed by atoms with Crippen molar-refractivity contribution in [2.75, 3.05) is 26.4 Å². The van der Waals surface area contributed by atoms with Gasteiger partial charge in [-0.2, -0.15) is 0 Å². The van der Waals surface area contributed by atoms with Gasteiger partial charge in [0.25, 0.3) is 5.91 Å². The quantitative estimate of drug-likeness (QED) is 0.787. The third kappa shape index (κ3) is 4.87. The summed E-state index contributed by atoms with van der Waals surface area (Å²) in [5.41, 5.74) is 1.59. The lowest BCUT2D eigenvalue weighted by Crippen LogP contribution is -2.44. The van der Waals surface area contributed by atoms with E-state index in [2.05, 4.69) is 5.32 Å². The fraction of sp³-hybridized carbons (Fsp3) is 0.579. The van der Waals surface area contributed by atoms with E-state index in [0.29, 0.717) is 38.0 Å². The number of carbonyl (C=O) groups excluding carboxylic acids is 2. The van der Waals surface area contributed by atoms with Gasteiger partial charge in [-0.25, -0.2) is 12.7 Å². The highest BCUT2D eigenvalue weighted by molar-refractivity contribution is 7.88. The molecule has 7 nitrogen and oxygen atoms in total. The molecule has 2 fully saturated rings. The van der Waals surface area contributed by atoms with E-state index in [0.717, 1.165) is 18.4 Å². The topological polar surface area (TPSA) is 86.8 Å². The van der Waals surface area contributed by atoms with E-state index < -0.39 is 10.0 Å². The minimum atomic E-state index is -3.19. The fourth-order valence-electron chi connectivity index (χ4n) is 3.54. The number of piperidine rings is 1. The first-order chi connectivity index (χ1) is 12.8. The van der Waals surface area contributed by atoms with Crippen molar-refractivity contribution in [3.63, 3.8) is 0 Å². The zero-order valence-corrected chi connectivity index (χ0v) is 16.7. The third-order valence-electron chi connectivity index (χ3n) is 5.34. The van der Waals surface area contributed by atoms with Crippen molar-refractivity contribution in [2.45, 2.75) is 38.3 Å². The average molecular weight is 394 g/mol. The van der Waals surface area contributed by atoms with E-state index in [-0.39, 0.29) is 23.8 Å². The number of sulfonamides is 1. The monoisotopic (exact) mass is 393 g/mol. The van der Waals surface area contributed by atoms with Gasteiger partial charge in [-0.15, -0.1) is 0 Å². The van der Waals surface area contributed by atoms with Gasteiger partial charge in [0.05, 0.1) is 6.26 Å². The Morgan fingerprint density at radius 2 is 1.70 bits per heavy atom. The summed E-state index contributed by atoms with van der Waals surface area (Å²) < 4.78 is 24.8. The molecule has 0 atom stereocenters. The molecule has 8 heteroatoms. The van der Waals surface area contributed by atoms with Crippen molar-refractivity contribution in [2.24, 2.45) is 5.92 Å². The van der Waals surface area contributed by atoms with Gasteiger partial charge in [0.15, 0.2) is 0 Å². The maximum Gasteiger partial charge on any atom is 0.251 e. The maximum absolute atomic E-state index is 13.1. The van der Waals surface area contributed by atoms with E-state index in [1.54, 1.807) is 19.2 Å². The SMILES string of the molecule is CNC(=O)c1ccc(CN(C(=O)C2CCN(S(C)(=O)=O)CC2)C2CC2)cc1. The van der Waals surface area contributed by atoms with Crippen molar-refractivity contribution in [1.29, 1.82) is 0 Å². The molecule has 0 bridgehead atoms. The number of rotatable bonds is 6. The van der Waals surface area contributed by atoms with Crippen LogP contribution in [-0.4, -0.2) is 61.9 Å². The lowest BCUT2D eigenvalue weighted by atomic mass is 9.96. The molecule has 148 valence electrons. The van der Waals surface area contributed by atoms with Gasteiger partial charge < -0.3 is 10.2 Å². The van der Waals surface area contributed by atoms with Gasteiger partial charge in [0, 0.05) is 44.2 Å². The highest BCUT2D eigenvalue weighted by Gasteiger charge is 2.37. The molecule has 0 spiro atoms. The molecule has 0 aromatic heterocycles. The van der Waals surface area contributed by atoms with Crippen LogP contribution >= 0.6 is 0 Å². The van der Waals surface area contributed by atoms with E-state index in [1.807, 2.05) is 17.0 Å². The smallest absolute Gasteiger partial charge is 0.251 e. The van der Waals surface area contributed by atoms with Gasteiger partial charge in [-0.1, -0.05) is 12.1 Å². The second-order valence-corrected chi connectivity index (χ2v) is 9.39. The average Bonchev–Trinajstić information content (AvgIpc) is 3.50. The minimum Gasteiger partial charge on any atom is -0.355 e. The Hall–Kier alpha value is -1.93. The summed E-state index contributed by atoms with van der Waals surface area (Å²) in [4.78, 5) is 26.7. The zero-order valence-electron chi connectivity index (χ0n) is 15.8. The molecule has 0 radical (unpaired) electrons. The van der Waals surface area contributed by atoms with Gasteiger partial charge in [-0.3, -0.25) is 9.59 Å². The lowest BCUT2D eigenvalue weighted by molar-refractivity contribution is -0.138. The van der Waals surface area contributed by atoms with Gasteiger partial charge >= 0.3 is 0 Å². The summed E-state index contributed by atoms with van der Waals surface area (Å²) in [6, 6.07) is 7.60. The van der Waals surface area contributed by atoms with Crippen LogP contribution in [0.1, 0.15) is 41.6 Å². The number of hydrogen-bond acceptors (Lipinski definition) is 4. The molecule has 1 aromatic rings. The van der Waals surface area contributed by atoms with Crippen LogP contribution in [-0.2, 0) is 21.4 Å². The van der Waals surface area contributed by atoms with Crippen LogP contribution in [0, 0.1) is 5.92 Å². The highest BCUT2D eigenvalue weighted by Crippen LogP contribution is 2.32. The largest absolute Gasteiger partial charge is 0.355 e. The summed E-state index contributed by atoms with van der Waals surface area (Å²) in [5, 5.41) is 2.59. The Morgan fingerprint density at radius 3 is 2.19 bits per heavy atom. The normalized spacial score (nSPS) is 18.9. The molecule has 3 rings (SSSR count). The van der Waals surface area contributed by atoms with Gasteiger partial charge in [0.1, 0.15) is 0 Å². The summed E-state index contributed by atoms with van der Waals surface area (Å²) in [6.07, 6.45) is 4.40. The maximum atomic E-state index is 13.1. The zero-order chi connectivity index (χ0) is 19.6. The van der Waals surface area contributed by atoms with Crippen LogP contribution in [0.2, 0.25) is 0 Å². The van der Waals surface area contributed by atoms with Crippen molar-refractivity contribution in [3.8, 4) is 0 Å². The van der Waals surface area contributed by atoms with E-state index in [9.17, 15) is 18.0 Å². The molecular formula is C19H27N3O4S. The predicted octanol–water partition coefficient (Wildman–Crippen LogP) is 1.21. The molecule has 1 saturated carbocycles. The molecule has 1 N–H and O–H groups in total. The van der Waals surface area contributed by atoms with Gasteiger partial charge in [-0.05, 0) is 43.4 Å². The number of nitrogens with zero attached hydrogens (tertiary/aromatic N) is 2. The highest BCUT2D eigenvalue weighted by atomic mass is 32.2. The van der Waals surface area contributed by atoms with Crippen LogP contribution in [0.15, 0.2) is 24.3 Å². The minimum absolute atomic E-state index is 0.117. The lowest BCUT2D eigenvalue weighted by Gasteiger charge is -2.33. The first-order valence-electron chi connectivity index (χ1n) is 9.36. The molecular weight excluding hydrogens is 366 g/mol. The summed E-state index contributed by atoms with van der Waals surface area (Å²) in [7, 11) is -1.59. The molecule has 0 unspecified atom stereocenters. The number of carbonyl (C=O) groups is 2. The van der Waals surface area contributed by atoms with E-state index >= 15 is 0 Å². The van der Waals surface area contributed by atoms with Crippen LogP contribution in [0.3, 0.4) is 0 Å². The first kappa shape index (κ1) is 19.8. The molecule has 27 heavy (non-hydrogen) atoms. The Balaban J connectivity index is 1.64. The van der Waals surface area contributed by atoms with E-state index in [4.69, 9.17) is 0 Å². The van der Waals surface area contributed by atoms with Crippen molar-refractivity contribution < 1.29 is 18.0 Å². The fourth-order valence-corrected chi connectivity index (χ4v) is 4.42. The summed E-state index contributed by atoms with van der Waals surface area (Å²) in [5.74, 6) is -0.121. The predicted molar refractivity (Wildman–Crippen MR) is 103 cm³/mol. The molecule has 1 aliphatic carbocycles. The number of benzene rings is 1. The number of amides is 2. The van der Waals surface area contributed by atoms with Crippen LogP contribution in [0.4, 0.5) is 0 Å². The molecule has 1 aliphatic heterocycles. The Labute approximate surface area is 160 Å². The molecule has 2 aliphatic rings. The summed E-state index contributed by atoms with van der Waals surface area (Å²) >= 11 is 0. The Bertz CT molecular complexity index is 795. The Kier molecular flexibility index (Phi) is 5.86. The summed E-state index contributed by atoms with van der Waals surface area (Å²) in [6.45, 7) is 1.35. The third-order valence-corrected chi connectivity index (χ3v) is 6.64. The Morgan fingerprint density at radius 1 is 1.11 bits per heavy atom. The van der Waals surface area contributed by atoms with Crippen molar-refractivity contribution >= 4 is 21.8 Å². The second-order valence-electron chi connectivity index (χ2n) is 7.41. The number of hydrogen-bond donors (Lipinski definition) is 1. The number of nitrogens with one attached hydrogen (secondary N) is 1.